The maximum Gasteiger partial charge on any atom is 0.269 e. The Balaban J connectivity index is 1.74. The third-order valence-electron chi connectivity index (χ3n) is 3.67. The van der Waals surface area contributed by atoms with Gasteiger partial charge in [0.1, 0.15) is 0 Å². The van der Waals surface area contributed by atoms with E-state index in [0.29, 0.717) is 0 Å². The molecule has 3 rings (SSSR count). The van der Waals surface area contributed by atoms with E-state index in [-0.39, 0.29) is 16.1 Å². The number of carbonyl (C=O) groups is 1. The molecule has 0 fully saturated rings. The third kappa shape index (κ3) is 3.68. The van der Waals surface area contributed by atoms with Crippen LogP contribution in [0, 0.1) is 10.1 Å². The first-order valence-electron chi connectivity index (χ1n) is 7.42. The zero-order valence-corrected chi connectivity index (χ0v) is 14.1. The number of rotatable bonds is 5. The van der Waals surface area contributed by atoms with Crippen LogP contribution >= 0.6 is 0 Å². The average Bonchev–Trinajstić information content (AvgIpc) is 2.65. The Morgan fingerprint density at radius 2 is 1.58 bits per heavy atom. The standard InChI is InChI=1S/C17H13N3O5S/c21-17(13-5-8-15(9-6-13)20(22)23)18-19-26(24,25)16-10-7-12-3-1-2-4-14(12)11-16/h1-11,19H,(H,18,21). The highest BCUT2D eigenvalue weighted by molar-refractivity contribution is 7.89. The molecule has 2 N–H and O–H groups in total. The van der Waals surface area contributed by atoms with Crippen molar-refractivity contribution in [2.45, 2.75) is 4.90 Å². The van der Waals surface area contributed by atoms with Crippen LogP contribution in [0.3, 0.4) is 0 Å². The minimum Gasteiger partial charge on any atom is -0.273 e. The van der Waals surface area contributed by atoms with Crippen molar-refractivity contribution in [3.63, 3.8) is 0 Å². The fraction of sp³-hybridized carbons (Fsp3) is 0. The molecular weight excluding hydrogens is 358 g/mol. The van der Waals surface area contributed by atoms with Gasteiger partial charge in [0.25, 0.3) is 21.6 Å². The summed E-state index contributed by atoms with van der Waals surface area (Å²) in [6, 6.07) is 16.7. The maximum atomic E-state index is 12.3. The Bertz CT molecular complexity index is 1090. The molecule has 26 heavy (non-hydrogen) atoms. The molecule has 0 atom stereocenters. The number of nitro benzene ring substituents is 1. The van der Waals surface area contributed by atoms with E-state index in [9.17, 15) is 23.3 Å². The van der Waals surface area contributed by atoms with E-state index in [1.165, 1.54) is 24.3 Å². The first kappa shape index (κ1) is 17.5. The zero-order chi connectivity index (χ0) is 18.7. The summed E-state index contributed by atoms with van der Waals surface area (Å²) < 4.78 is 24.7. The normalized spacial score (nSPS) is 11.2. The summed E-state index contributed by atoms with van der Waals surface area (Å²) in [5, 5.41) is 12.2. The minimum absolute atomic E-state index is 0.000185. The Hall–Kier alpha value is -3.30. The van der Waals surface area contributed by atoms with Crippen molar-refractivity contribution in [1.82, 2.24) is 10.3 Å². The van der Waals surface area contributed by atoms with Gasteiger partial charge in [-0.1, -0.05) is 30.3 Å². The Morgan fingerprint density at radius 1 is 0.923 bits per heavy atom. The molecule has 0 unspecified atom stereocenters. The van der Waals surface area contributed by atoms with Crippen molar-refractivity contribution in [2.75, 3.05) is 0 Å². The highest BCUT2D eigenvalue weighted by Gasteiger charge is 2.16. The summed E-state index contributed by atoms with van der Waals surface area (Å²) >= 11 is 0. The molecule has 1 amide bonds. The number of hydrogen-bond donors (Lipinski definition) is 2. The van der Waals surface area contributed by atoms with Crippen molar-refractivity contribution in [1.29, 1.82) is 0 Å². The molecule has 0 aliphatic carbocycles. The Morgan fingerprint density at radius 3 is 2.23 bits per heavy atom. The van der Waals surface area contributed by atoms with Gasteiger partial charge in [-0.15, -0.1) is 4.83 Å². The molecule has 0 aliphatic rings. The van der Waals surface area contributed by atoms with Gasteiger partial charge < -0.3 is 0 Å². The van der Waals surface area contributed by atoms with Gasteiger partial charge >= 0.3 is 0 Å². The number of hydrazine groups is 1. The molecule has 0 aliphatic heterocycles. The monoisotopic (exact) mass is 371 g/mol. The van der Waals surface area contributed by atoms with Crippen LogP contribution in [0.4, 0.5) is 5.69 Å². The van der Waals surface area contributed by atoms with Crippen LogP contribution in [-0.2, 0) is 10.0 Å². The summed E-state index contributed by atoms with van der Waals surface area (Å²) in [4.78, 5) is 24.0. The van der Waals surface area contributed by atoms with E-state index in [2.05, 4.69) is 5.43 Å². The average molecular weight is 371 g/mol. The predicted octanol–water partition coefficient (Wildman–Crippen LogP) is 2.37. The smallest absolute Gasteiger partial charge is 0.269 e. The van der Waals surface area contributed by atoms with Crippen molar-refractivity contribution >= 4 is 32.4 Å². The van der Waals surface area contributed by atoms with E-state index in [1.807, 2.05) is 17.0 Å². The first-order chi connectivity index (χ1) is 12.4. The molecule has 0 saturated heterocycles. The lowest BCUT2D eigenvalue weighted by atomic mass is 10.1. The number of nitro groups is 1. The molecule has 0 radical (unpaired) electrons. The number of nitrogens with zero attached hydrogens (tertiary/aromatic N) is 1. The zero-order valence-electron chi connectivity index (χ0n) is 13.2. The molecule has 0 heterocycles. The largest absolute Gasteiger partial charge is 0.273 e. The summed E-state index contributed by atoms with van der Waals surface area (Å²) in [6.45, 7) is 0. The molecule has 9 heteroatoms. The quantitative estimate of drug-likeness (QED) is 0.527. The molecular formula is C17H13N3O5S. The Labute approximate surface area is 148 Å². The second-order valence-corrected chi connectivity index (χ2v) is 7.05. The van der Waals surface area contributed by atoms with Gasteiger partial charge in [0.15, 0.2) is 0 Å². The number of carbonyl (C=O) groups excluding carboxylic acids is 1. The lowest BCUT2D eigenvalue weighted by Gasteiger charge is -2.09. The highest BCUT2D eigenvalue weighted by Crippen LogP contribution is 2.18. The highest BCUT2D eigenvalue weighted by atomic mass is 32.2. The van der Waals surface area contributed by atoms with Crippen LogP contribution in [0.25, 0.3) is 10.8 Å². The summed E-state index contributed by atoms with van der Waals surface area (Å²) in [6.07, 6.45) is 0. The van der Waals surface area contributed by atoms with Gasteiger partial charge in [-0.3, -0.25) is 20.3 Å². The molecule has 0 saturated carbocycles. The van der Waals surface area contributed by atoms with Crippen molar-refractivity contribution in [3.8, 4) is 0 Å². The number of amides is 1. The fourth-order valence-electron chi connectivity index (χ4n) is 2.31. The lowest BCUT2D eigenvalue weighted by Crippen LogP contribution is -2.41. The van der Waals surface area contributed by atoms with Gasteiger partial charge in [-0.2, -0.15) is 0 Å². The first-order valence-corrected chi connectivity index (χ1v) is 8.90. The van der Waals surface area contributed by atoms with E-state index >= 15 is 0 Å². The Kier molecular flexibility index (Phi) is 4.65. The second-order valence-electron chi connectivity index (χ2n) is 5.37. The van der Waals surface area contributed by atoms with Crippen LogP contribution in [0.5, 0.6) is 0 Å². The molecule has 0 bridgehead atoms. The van der Waals surface area contributed by atoms with Crippen LogP contribution in [-0.4, -0.2) is 19.2 Å². The van der Waals surface area contributed by atoms with E-state index in [1.54, 1.807) is 18.2 Å². The SMILES string of the molecule is O=C(NNS(=O)(=O)c1ccc2ccccc2c1)c1ccc([N+](=O)[O-])cc1. The number of fused-ring (bicyclic) bond motifs is 1. The number of non-ortho nitro benzene ring substituents is 1. The van der Waals surface area contributed by atoms with Crippen molar-refractivity contribution in [2.24, 2.45) is 0 Å². The molecule has 132 valence electrons. The molecule has 3 aromatic carbocycles. The van der Waals surface area contributed by atoms with Crippen LogP contribution in [0.15, 0.2) is 71.6 Å². The minimum atomic E-state index is -3.97. The maximum absolute atomic E-state index is 12.3. The molecule has 0 aromatic heterocycles. The summed E-state index contributed by atoms with van der Waals surface area (Å²) in [5.41, 5.74) is 2.00. The number of nitrogens with one attached hydrogen (secondary N) is 2. The van der Waals surface area contributed by atoms with E-state index < -0.39 is 20.9 Å². The van der Waals surface area contributed by atoms with Gasteiger partial charge in [-0.25, -0.2) is 8.42 Å². The predicted molar refractivity (Wildman–Crippen MR) is 94.8 cm³/mol. The lowest BCUT2D eigenvalue weighted by molar-refractivity contribution is -0.384. The van der Waals surface area contributed by atoms with Gasteiger partial charge in [0, 0.05) is 17.7 Å². The molecule has 0 spiro atoms. The summed E-state index contributed by atoms with van der Waals surface area (Å²) in [5.74, 6) is -0.732. The van der Waals surface area contributed by atoms with Gasteiger partial charge in [0.2, 0.25) is 0 Å². The number of benzene rings is 3. The second kappa shape index (κ2) is 6.90. The summed E-state index contributed by atoms with van der Waals surface area (Å²) in [7, 11) is -3.97. The topological polar surface area (TPSA) is 118 Å². The fourth-order valence-corrected chi connectivity index (χ4v) is 3.19. The van der Waals surface area contributed by atoms with Crippen LogP contribution in [0.1, 0.15) is 10.4 Å². The number of sulfonamides is 1. The third-order valence-corrected chi connectivity index (χ3v) is 4.92. The van der Waals surface area contributed by atoms with Crippen molar-refractivity contribution < 1.29 is 18.1 Å². The number of hydrogen-bond acceptors (Lipinski definition) is 5. The molecule has 3 aromatic rings. The van der Waals surface area contributed by atoms with E-state index in [4.69, 9.17) is 0 Å². The van der Waals surface area contributed by atoms with Crippen LogP contribution < -0.4 is 10.3 Å². The van der Waals surface area contributed by atoms with E-state index in [0.717, 1.165) is 22.9 Å². The molecule has 8 nitrogen and oxygen atoms in total. The van der Waals surface area contributed by atoms with Gasteiger partial charge in [-0.05, 0) is 35.0 Å². The van der Waals surface area contributed by atoms with Crippen LogP contribution in [0.2, 0.25) is 0 Å². The van der Waals surface area contributed by atoms with Crippen molar-refractivity contribution in [3.05, 3.63) is 82.4 Å². The van der Waals surface area contributed by atoms with Gasteiger partial charge in [0.05, 0.1) is 9.82 Å².